The van der Waals surface area contributed by atoms with Crippen LogP contribution in [-0.2, 0) is 10.2 Å². The van der Waals surface area contributed by atoms with E-state index >= 15 is 0 Å². The van der Waals surface area contributed by atoms with E-state index in [4.69, 9.17) is 17.0 Å². The second-order valence-corrected chi connectivity index (χ2v) is 7.73. The molecule has 2 amide bonds. The number of hydrazine groups is 1. The Morgan fingerprint density at radius 1 is 1.03 bits per heavy atom. The van der Waals surface area contributed by atoms with Crippen molar-refractivity contribution in [1.29, 1.82) is 0 Å². The molecule has 0 spiro atoms. The normalized spacial score (nSPS) is 10.6. The van der Waals surface area contributed by atoms with E-state index in [1.807, 2.05) is 12.1 Å². The van der Waals surface area contributed by atoms with Gasteiger partial charge in [0.25, 0.3) is 17.5 Å². The highest BCUT2D eigenvalue weighted by atomic mass is 32.1. The number of carbonyl (C=O) groups is 2. The predicted molar refractivity (Wildman–Crippen MR) is 115 cm³/mol. The van der Waals surface area contributed by atoms with Gasteiger partial charge in [0.2, 0.25) is 0 Å². The van der Waals surface area contributed by atoms with Gasteiger partial charge in [-0.2, -0.15) is 0 Å². The lowest BCUT2D eigenvalue weighted by molar-refractivity contribution is -0.384. The van der Waals surface area contributed by atoms with Crippen molar-refractivity contribution in [2.75, 3.05) is 6.61 Å². The molecular weight excluding hydrogens is 408 g/mol. The molecule has 0 atom stereocenters. The summed E-state index contributed by atoms with van der Waals surface area (Å²) < 4.78 is 5.22. The zero-order chi connectivity index (χ0) is 22.3. The van der Waals surface area contributed by atoms with Crippen molar-refractivity contribution in [3.05, 3.63) is 69.8 Å². The van der Waals surface area contributed by atoms with E-state index in [1.54, 1.807) is 12.1 Å². The molecule has 0 aliphatic carbocycles. The van der Waals surface area contributed by atoms with Crippen molar-refractivity contribution in [3.63, 3.8) is 0 Å². The lowest BCUT2D eigenvalue weighted by Crippen LogP contribution is -2.49. The van der Waals surface area contributed by atoms with Gasteiger partial charge in [0.15, 0.2) is 11.7 Å². The molecule has 9 nitrogen and oxygen atoms in total. The van der Waals surface area contributed by atoms with Crippen LogP contribution in [0.3, 0.4) is 0 Å². The van der Waals surface area contributed by atoms with Gasteiger partial charge < -0.3 is 4.74 Å². The van der Waals surface area contributed by atoms with Crippen molar-refractivity contribution in [2.24, 2.45) is 0 Å². The number of nitrogens with one attached hydrogen (secondary N) is 3. The zero-order valence-corrected chi connectivity index (χ0v) is 17.5. The first-order valence-electron chi connectivity index (χ1n) is 8.94. The summed E-state index contributed by atoms with van der Waals surface area (Å²) in [7, 11) is 0. The minimum absolute atomic E-state index is 0.0211. The van der Waals surface area contributed by atoms with Gasteiger partial charge in [-0.3, -0.25) is 35.9 Å². The third-order valence-corrected chi connectivity index (χ3v) is 4.18. The zero-order valence-electron chi connectivity index (χ0n) is 16.7. The summed E-state index contributed by atoms with van der Waals surface area (Å²) in [6.07, 6.45) is 0. The fraction of sp³-hybridized carbons (Fsp3) is 0.250. The van der Waals surface area contributed by atoms with Crippen molar-refractivity contribution in [3.8, 4) is 5.75 Å². The summed E-state index contributed by atoms with van der Waals surface area (Å²) in [5.41, 5.74) is 6.13. The van der Waals surface area contributed by atoms with Crippen molar-refractivity contribution < 1.29 is 19.2 Å². The Morgan fingerprint density at radius 2 is 1.63 bits per heavy atom. The third-order valence-electron chi connectivity index (χ3n) is 3.97. The highest BCUT2D eigenvalue weighted by molar-refractivity contribution is 7.80. The third kappa shape index (κ3) is 6.82. The fourth-order valence-corrected chi connectivity index (χ4v) is 2.45. The highest BCUT2D eigenvalue weighted by Gasteiger charge is 2.15. The Bertz CT molecular complexity index is 937. The van der Waals surface area contributed by atoms with Gasteiger partial charge in [-0.25, -0.2) is 0 Å². The van der Waals surface area contributed by atoms with Gasteiger partial charge in [-0.05, 0) is 47.5 Å². The van der Waals surface area contributed by atoms with Gasteiger partial charge in [0.05, 0.1) is 4.92 Å². The molecule has 0 aromatic heterocycles. The van der Waals surface area contributed by atoms with Crippen LogP contribution >= 0.6 is 12.2 Å². The molecule has 0 fully saturated rings. The number of hydrogen-bond acceptors (Lipinski definition) is 6. The van der Waals surface area contributed by atoms with Crippen LogP contribution in [0, 0.1) is 10.1 Å². The topological polar surface area (TPSA) is 123 Å². The molecule has 2 aromatic carbocycles. The number of thiocarbonyl (C=S) groups is 1. The number of nitrogens with zero attached hydrogens (tertiary/aromatic N) is 1. The number of ether oxygens (including phenoxy) is 1. The number of amides is 2. The molecule has 0 saturated heterocycles. The minimum atomic E-state index is -0.556. The van der Waals surface area contributed by atoms with Gasteiger partial charge >= 0.3 is 0 Å². The van der Waals surface area contributed by atoms with E-state index in [9.17, 15) is 19.7 Å². The van der Waals surface area contributed by atoms with Crippen LogP contribution < -0.4 is 20.9 Å². The monoisotopic (exact) mass is 430 g/mol. The largest absolute Gasteiger partial charge is 0.484 e. The van der Waals surface area contributed by atoms with Crippen LogP contribution in [0.25, 0.3) is 0 Å². The summed E-state index contributed by atoms with van der Waals surface area (Å²) in [6.45, 7) is 5.88. The Hall–Kier alpha value is -3.53. The molecule has 0 radical (unpaired) electrons. The number of hydrogen-bond donors (Lipinski definition) is 3. The predicted octanol–water partition coefficient (Wildman–Crippen LogP) is 2.61. The van der Waals surface area contributed by atoms with E-state index in [0.29, 0.717) is 11.3 Å². The van der Waals surface area contributed by atoms with Gasteiger partial charge in [-0.15, -0.1) is 0 Å². The quantitative estimate of drug-likeness (QED) is 0.378. The first kappa shape index (κ1) is 22.8. The average molecular weight is 430 g/mol. The molecule has 10 heteroatoms. The van der Waals surface area contributed by atoms with E-state index < -0.39 is 16.7 Å². The van der Waals surface area contributed by atoms with Crippen molar-refractivity contribution in [1.82, 2.24) is 16.2 Å². The van der Waals surface area contributed by atoms with Crippen molar-refractivity contribution >= 4 is 34.8 Å². The second-order valence-electron chi connectivity index (χ2n) is 7.32. The molecular formula is C20H22N4O5S. The number of nitro groups is 1. The summed E-state index contributed by atoms with van der Waals surface area (Å²) in [6, 6.07) is 12.5. The van der Waals surface area contributed by atoms with E-state index in [1.165, 1.54) is 24.3 Å². The van der Waals surface area contributed by atoms with Crippen LogP contribution in [0.2, 0.25) is 0 Å². The Kier molecular flexibility index (Phi) is 7.43. The summed E-state index contributed by atoms with van der Waals surface area (Å²) in [5.74, 6) is -0.672. The average Bonchev–Trinajstić information content (AvgIpc) is 2.70. The molecule has 0 bridgehead atoms. The maximum Gasteiger partial charge on any atom is 0.276 e. The number of non-ortho nitro benzene ring substituents is 1. The lowest BCUT2D eigenvalue weighted by Gasteiger charge is -2.19. The van der Waals surface area contributed by atoms with Gasteiger partial charge in [0.1, 0.15) is 5.75 Å². The minimum Gasteiger partial charge on any atom is -0.484 e. The van der Waals surface area contributed by atoms with E-state index in [0.717, 1.165) is 5.56 Å². The van der Waals surface area contributed by atoms with E-state index in [-0.39, 0.29) is 22.8 Å². The van der Waals surface area contributed by atoms with Crippen LogP contribution in [0.4, 0.5) is 5.69 Å². The summed E-state index contributed by atoms with van der Waals surface area (Å²) >= 11 is 4.99. The molecule has 0 heterocycles. The standard InChI is InChI=1S/C20H22N4O5S/c1-20(2,3)14-6-4-13(5-7-14)18(26)21-19(30)23-22-17(25)12-29-16-10-8-15(9-11-16)24(27)28/h4-11H,12H2,1-3H3,(H,22,25)(H2,21,23,26,30). The Balaban J connectivity index is 1.76. The number of nitro benzene ring substituents is 1. The molecule has 0 aliphatic heterocycles. The molecule has 0 aliphatic rings. The van der Waals surface area contributed by atoms with Gasteiger partial charge in [-0.1, -0.05) is 32.9 Å². The molecule has 0 unspecified atom stereocenters. The highest BCUT2D eigenvalue weighted by Crippen LogP contribution is 2.22. The molecule has 30 heavy (non-hydrogen) atoms. The lowest BCUT2D eigenvalue weighted by atomic mass is 9.87. The fourth-order valence-electron chi connectivity index (χ4n) is 2.30. The molecule has 2 aromatic rings. The van der Waals surface area contributed by atoms with E-state index in [2.05, 4.69) is 36.9 Å². The van der Waals surface area contributed by atoms with Crippen LogP contribution in [0.5, 0.6) is 5.75 Å². The Labute approximate surface area is 178 Å². The number of benzene rings is 2. The number of carbonyl (C=O) groups excluding carboxylic acids is 2. The smallest absolute Gasteiger partial charge is 0.276 e. The SMILES string of the molecule is CC(C)(C)c1ccc(C(=O)NC(=S)NNC(=O)COc2ccc([N+](=O)[O-])cc2)cc1. The van der Waals surface area contributed by atoms with Gasteiger partial charge in [0, 0.05) is 17.7 Å². The van der Waals surface area contributed by atoms with Crippen LogP contribution in [0.1, 0.15) is 36.7 Å². The first-order valence-corrected chi connectivity index (χ1v) is 9.35. The first-order chi connectivity index (χ1) is 14.1. The summed E-state index contributed by atoms with van der Waals surface area (Å²) in [5, 5.41) is 13.0. The van der Waals surface area contributed by atoms with Crippen LogP contribution in [-0.4, -0.2) is 28.5 Å². The molecule has 2 rings (SSSR count). The van der Waals surface area contributed by atoms with Crippen molar-refractivity contribution in [2.45, 2.75) is 26.2 Å². The molecule has 3 N–H and O–H groups in total. The second kappa shape index (κ2) is 9.79. The molecule has 0 saturated carbocycles. The molecule has 158 valence electrons. The summed E-state index contributed by atoms with van der Waals surface area (Å²) in [4.78, 5) is 34.1. The maximum absolute atomic E-state index is 12.2. The number of rotatable bonds is 5. The maximum atomic E-state index is 12.2. The Morgan fingerprint density at radius 3 is 2.17 bits per heavy atom. The van der Waals surface area contributed by atoms with Crippen LogP contribution in [0.15, 0.2) is 48.5 Å².